The van der Waals surface area contributed by atoms with Crippen LogP contribution < -0.4 is 4.90 Å². The van der Waals surface area contributed by atoms with Gasteiger partial charge in [-0.15, -0.1) is 23.1 Å². The van der Waals surface area contributed by atoms with Gasteiger partial charge >= 0.3 is 0 Å². The number of carbonyl (C=O) groups excluding carboxylic acids is 1. The molecule has 9 heteroatoms. The summed E-state index contributed by atoms with van der Waals surface area (Å²) in [4.78, 5) is 25.6. The van der Waals surface area contributed by atoms with E-state index in [0.717, 1.165) is 0 Å². The zero-order chi connectivity index (χ0) is 13.4. The molecule has 2 aromatic heterocycles. The number of thioether (sulfide) groups is 1. The van der Waals surface area contributed by atoms with Gasteiger partial charge in [0.1, 0.15) is 22.0 Å². The van der Waals surface area contributed by atoms with Crippen molar-refractivity contribution in [2.45, 2.75) is 5.37 Å². The number of carbonyl (C=O) groups is 1. The molecule has 98 valence electrons. The predicted molar refractivity (Wildman–Crippen MR) is 76.9 cm³/mol. The van der Waals surface area contributed by atoms with E-state index in [1.807, 2.05) is 5.38 Å². The predicted octanol–water partition coefficient (Wildman–Crippen LogP) is 3.02. The van der Waals surface area contributed by atoms with Gasteiger partial charge in [-0.3, -0.25) is 9.69 Å². The van der Waals surface area contributed by atoms with Crippen LogP contribution >= 0.6 is 46.3 Å². The maximum atomic E-state index is 12.0. The van der Waals surface area contributed by atoms with Gasteiger partial charge in [-0.25, -0.2) is 15.0 Å². The molecule has 1 aliphatic heterocycles. The van der Waals surface area contributed by atoms with Crippen LogP contribution in [0, 0.1) is 0 Å². The highest BCUT2D eigenvalue weighted by Gasteiger charge is 2.38. The Morgan fingerprint density at radius 2 is 2.00 bits per heavy atom. The maximum absolute atomic E-state index is 12.0. The largest absolute Gasteiger partial charge is 0.273 e. The SMILES string of the molecule is O=C1CSC(c2c(Cl)ncnc2Cl)N1c1nccs1. The average molecular weight is 333 g/mol. The van der Waals surface area contributed by atoms with Crippen LogP contribution in [-0.2, 0) is 4.79 Å². The maximum Gasteiger partial charge on any atom is 0.240 e. The van der Waals surface area contributed by atoms with Crippen LogP contribution in [0.2, 0.25) is 10.3 Å². The molecule has 3 rings (SSSR count). The van der Waals surface area contributed by atoms with E-state index in [1.165, 1.54) is 29.4 Å². The quantitative estimate of drug-likeness (QED) is 0.791. The molecule has 1 fully saturated rings. The molecule has 1 atom stereocenters. The van der Waals surface area contributed by atoms with E-state index in [1.54, 1.807) is 11.1 Å². The molecule has 0 spiro atoms. The molecule has 0 radical (unpaired) electrons. The summed E-state index contributed by atoms with van der Waals surface area (Å²) in [7, 11) is 0. The number of halogens is 2. The number of rotatable bonds is 2. The third-order valence-electron chi connectivity index (χ3n) is 2.53. The lowest BCUT2D eigenvalue weighted by atomic mass is 10.3. The summed E-state index contributed by atoms with van der Waals surface area (Å²) in [6.07, 6.45) is 2.95. The van der Waals surface area contributed by atoms with E-state index >= 15 is 0 Å². The molecule has 19 heavy (non-hydrogen) atoms. The second-order valence-electron chi connectivity index (χ2n) is 3.61. The summed E-state index contributed by atoms with van der Waals surface area (Å²) in [5, 5.41) is 2.62. The fourth-order valence-electron chi connectivity index (χ4n) is 1.74. The topological polar surface area (TPSA) is 59.0 Å². The highest BCUT2D eigenvalue weighted by atomic mass is 35.5. The number of nitrogens with zero attached hydrogens (tertiary/aromatic N) is 4. The monoisotopic (exact) mass is 332 g/mol. The van der Waals surface area contributed by atoms with E-state index in [4.69, 9.17) is 23.2 Å². The molecule has 1 unspecified atom stereocenters. The molecular formula is C10H6Cl2N4OS2. The molecule has 0 saturated carbocycles. The van der Waals surface area contributed by atoms with Gasteiger partial charge in [-0.05, 0) is 0 Å². The van der Waals surface area contributed by atoms with Crippen molar-refractivity contribution < 1.29 is 4.79 Å². The summed E-state index contributed by atoms with van der Waals surface area (Å²) in [6.45, 7) is 0. The summed E-state index contributed by atoms with van der Waals surface area (Å²) in [5.74, 6) is 0.326. The molecule has 2 aromatic rings. The van der Waals surface area contributed by atoms with Gasteiger partial charge in [-0.2, -0.15) is 0 Å². The summed E-state index contributed by atoms with van der Waals surface area (Å²) >= 11 is 15.0. The molecule has 0 aromatic carbocycles. The average Bonchev–Trinajstić information content (AvgIpc) is 2.99. The van der Waals surface area contributed by atoms with Crippen LogP contribution in [0.5, 0.6) is 0 Å². The lowest BCUT2D eigenvalue weighted by molar-refractivity contribution is -0.115. The number of hydrogen-bond donors (Lipinski definition) is 0. The van der Waals surface area contributed by atoms with Gasteiger partial charge in [0.15, 0.2) is 5.13 Å². The Bertz CT molecular complexity index is 602. The Hall–Kier alpha value is -0.890. The smallest absolute Gasteiger partial charge is 0.240 e. The molecule has 5 nitrogen and oxygen atoms in total. The fourth-order valence-corrected chi connectivity index (χ4v) is 4.34. The second kappa shape index (κ2) is 5.24. The van der Waals surface area contributed by atoms with Crippen molar-refractivity contribution in [1.82, 2.24) is 15.0 Å². The Labute approximate surface area is 127 Å². The van der Waals surface area contributed by atoms with Crippen LogP contribution in [0.1, 0.15) is 10.9 Å². The van der Waals surface area contributed by atoms with E-state index in [-0.39, 0.29) is 21.6 Å². The lowest BCUT2D eigenvalue weighted by Gasteiger charge is -2.22. The molecule has 0 bridgehead atoms. The fraction of sp³-hybridized carbons (Fsp3) is 0.200. The number of anilines is 1. The summed E-state index contributed by atoms with van der Waals surface area (Å²) in [5.41, 5.74) is 0.553. The van der Waals surface area contributed by atoms with Crippen molar-refractivity contribution in [2.24, 2.45) is 0 Å². The molecule has 1 aliphatic rings. The molecular weight excluding hydrogens is 327 g/mol. The third-order valence-corrected chi connectivity index (χ3v) is 5.08. The zero-order valence-corrected chi connectivity index (χ0v) is 12.4. The molecule has 3 heterocycles. The zero-order valence-electron chi connectivity index (χ0n) is 9.29. The summed E-state index contributed by atoms with van der Waals surface area (Å²) < 4.78 is 0. The van der Waals surface area contributed by atoms with Gasteiger partial charge < -0.3 is 0 Å². The highest BCUT2D eigenvalue weighted by Crippen LogP contribution is 2.45. The van der Waals surface area contributed by atoms with Crippen molar-refractivity contribution in [3.8, 4) is 0 Å². The minimum Gasteiger partial charge on any atom is -0.273 e. The second-order valence-corrected chi connectivity index (χ2v) is 6.27. The van der Waals surface area contributed by atoms with Crippen molar-refractivity contribution >= 4 is 57.3 Å². The Morgan fingerprint density at radius 3 is 2.63 bits per heavy atom. The lowest BCUT2D eigenvalue weighted by Crippen LogP contribution is -2.28. The summed E-state index contributed by atoms with van der Waals surface area (Å²) in [6, 6.07) is 0. The van der Waals surface area contributed by atoms with Gasteiger partial charge in [0, 0.05) is 11.6 Å². The Morgan fingerprint density at radius 1 is 1.26 bits per heavy atom. The Balaban J connectivity index is 2.07. The van der Waals surface area contributed by atoms with Gasteiger partial charge in [0.25, 0.3) is 0 Å². The first-order valence-corrected chi connectivity index (χ1v) is 7.86. The minimum atomic E-state index is -0.333. The van der Waals surface area contributed by atoms with Crippen LogP contribution in [0.25, 0.3) is 0 Å². The number of hydrogen-bond acceptors (Lipinski definition) is 6. The molecule has 1 amide bonds. The van der Waals surface area contributed by atoms with E-state index in [0.29, 0.717) is 16.4 Å². The Kier molecular flexibility index (Phi) is 3.62. The first-order chi connectivity index (χ1) is 9.18. The number of amides is 1. The minimum absolute atomic E-state index is 0.0269. The first-order valence-electron chi connectivity index (χ1n) is 5.17. The van der Waals surface area contributed by atoms with Crippen molar-refractivity contribution in [1.29, 1.82) is 0 Å². The van der Waals surface area contributed by atoms with Crippen molar-refractivity contribution in [2.75, 3.05) is 10.7 Å². The van der Waals surface area contributed by atoms with Gasteiger partial charge in [-0.1, -0.05) is 23.2 Å². The standard InChI is InChI=1S/C10H6Cl2N4OS2/c11-7-6(8(12)15-4-14-7)9-16(5(17)3-19-9)10-13-1-2-18-10/h1-2,4,9H,3H2. The van der Waals surface area contributed by atoms with Crippen molar-refractivity contribution in [3.63, 3.8) is 0 Å². The van der Waals surface area contributed by atoms with Gasteiger partial charge in [0.2, 0.25) is 5.91 Å². The first kappa shape index (κ1) is 13.1. The van der Waals surface area contributed by atoms with Crippen LogP contribution in [0.3, 0.4) is 0 Å². The third kappa shape index (κ3) is 2.31. The molecule has 0 aliphatic carbocycles. The van der Waals surface area contributed by atoms with E-state index in [2.05, 4.69) is 15.0 Å². The van der Waals surface area contributed by atoms with E-state index < -0.39 is 0 Å². The van der Waals surface area contributed by atoms with Crippen LogP contribution in [0.15, 0.2) is 17.9 Å². The van der Waals surface area contributed by atoms with Crippen LogP contribution in [0.4, 0.5) is 5.13 Å². The normalized spacial score (nSPS) is 19.2. The molecule has 1 saturated heterocycles. The number of thiazole rings is 1. The van der Waals surface area contributed by atoms with Gasteiger partial charge in [0.05, 0.1) is 11.3 Å². The molecule has 0 N–H and O–H groups in total. The van der Waals surface area contributed by atoms with Crippen LogP contribution in [-0.4, -0.2) is 26.6 Å². The van der Waals surface area contributed by atoms with Crippen molar-refractivity contribution in [3.05, 3.63) is 33.8 Å². The van der Waals surface area contributed by atoms with E-state index in [9.17, 15) is 4.79 Å². The highest BCUT2D eigenvalue weighted by molar-refractivity contribution is 8.00. The number of aromatic nitrogens is 3.